The van der Waals surface area contributed by atoms with E-state index < -0.39 is 13.3 Å². The minimum Gasteiger partial charge on any atom is 0 e. The molecule has 9 rings (SSSR count). The molecule has 0 N–H and O–H groups in total. The topological polar surface area (TPSA) is 38.4 Å². The van der Waals surface area contributed by atoms with Crippen LogP contribution in [0.4, 0.5) is 5.69 Å². The van der Waals surface area contributed by atoms with E-state index in [0.717, 1.165) is 50.2 Å². The summed E-state index contributed by atoms with van der Waals surface area (Å²) in [6, 6.07) is 55.6. The number of para-hydroxylation sites is 2. The van der Waals surface area contributed by atoms with Crippen LogP contribution in [0.15, 0.2) is 155 Å². The number of furan rings is 1. The fourth-order valence-corrected chi connectivity index (χ4v) is 10.1. The zero-order valence-electron chi connectivity index (χ0n) is 33.7. The normalized spacial score (nSPS) is 13.6. The summed E-state index contributed by atoms with van der Waals surface area (Å²) in [4.78, 5) is 9.84. The van der Waals surface area contributed by atoms with Gasteiger partial charge in [0.25, 0.3) is 0 Å². The second-order valence-electron chi connectivity index (χ2n) is 16.4. The molecule has 1 aliphatic heterocycles. The van der Waals surface area contributed by atoms with E-state index in [2.05, 4.69) is 159 Å². The Balaban J connectivity index is 0.000000246. The largest absolute Gasteiger partial charge is 0 e. The monoisotopic (exact) mass is 983 g/mol. The number of benzene rings is 6. The molecular weight excluding hydrogens is 933 g/mol. The quantitative estimate of drug-likeness (QED) is 0.118. The van der Waals surface area contributed by atoms with Crippen LogP contribution >= 0.6 is 0 Å². The van der Waals surface area contributed by atoms with Crippen LogP contribution in [0.5, 0.6) is 0 Å². The Bertz CT molecular complexity index is 2640. The van der Waals surface area contributed by atoms with Crippen molar-refractivity contribution in [2.75, 3.05) is 0 Å². The summed E-state index contributed by atoms with van der Waals surface area (Å²) in [7, 11) is 0. The van der Waals surface area contributed by atoms with Crippen molar-refractivity contribution in [2.45, 2.75) is 62.7 Å². The van der Waals surface area contributed by atoms with Crippen LogP contribution in [0.25, 0.3) is 44.3 Å². The number of rotatable bonds is 7. The fourth-order valence-electron chi connectivity index (χ4n) is 7.88. The molecule has 3 heterocycles. The van der Waals surface area contributed by atoms with Gasteiger partial charge >= 0.3 is 99.8 Å². The Kier molecular flexibility index (Phi) is 12.0. The summed E-state index contributed by atoms with van der Waals surface area (Å²) in [5.74, 6) is 7.82. The number of fused-ring (bicyclic) bond motifs is 4. The molecule has 287 valence electrons. The molecule has 1 unspecified atom stereocenters. The van der Waals surface area contributed by atoms with Crippen LogP contribution in [0.3, 0.4) is 0 Å². The zero-order valence-corrected chi connectivity index (χ0v) is 38.2. The van der Waals surface area contributed by atoms with Crippen molar-refractivity contribution in [3.05, 3.63) is 186 Å². The van der Waals surface area contributed by atoms with Gasteiger partial charge in [0.15, 0.2) is 0 Å². The molecule has 0 amide bonds. The number of aromatic nitrogens is 1. The Morgan fingerprint density at radius 2 is 1.33 bits per heavy atom. The Morgan fingerprint density at radius 3 is 2.00 bits per heavy atom. The molecule has 2 aromatic heterocycles. The van der Waals surface area contributed by atoms with Crippen molar-refractivity contribution in [3.8, 4) is 22.4 Å². The maximum Gasteiger partial charge on any atom is 0 e. The first-order valence-electron chi connectivity index (χ1n) is 19.7. The van der Waals surface area contributed by atoms with Gasteiger partial charge in [-0.2, -0.15) is 0 Å². The van der Waals surface area contributed by atoms with E-state index in [1.54, 1.807) is 0 Å². The molecule has 0 fully saturated rings. The number of hydrogen-bond donors (Lipinski definition) is 0. The average Bonchev–Trinajstić information content (AvgIpc) is 3.80. The van der Waals surface area contributed by atoms with Gasteiger partial charge in [0.05, 0.1) is 11.3 Å². The second-order valence-corrected chi connectivity index (χ2v) is 27.0. The van der Waals surface area contributed by atoms with Gasteiger partial charge in [0.2, 0.25) is 0 Å². The smallest absolute Gasteiger partial charge is 0 e. The van der Waals surface area contributed by atoms with E-state index in [-0.39, 0.29) is 26.0 Å². The van der Waals surface area contributed by atoms with E-state index in [0.29, 0.717) is 11.8 Å². The summed E-state index contributed by atoms with van der Waals surface area (Å²) in [5, 5.41) is 2.23. The Labute approximate surface area is 354 Å². The van der Waals surface area contributed by atoms with Gasteiger partial charge in [-0.15, -0.1) is 18.2 Å². The third-order valence-electron chi connectivity index (χ3n) is 10.9. The summed E-state index contributed by atoms with van der Waals surface area (Å²) < 4.78 is 7.94. The summed E-state index contributed by atoms with van der Waals surface area (Å²) in [6.45, 7) is 9.23. The third kappa shape index (κ3) is 8.14. The van der Waals surface area contributed by atoms with Crippen molar-refractivity contribution in [2.24, 2.45) is 4.99 Å². The van der Waals surface area contributed by atoms with Gasteiger partial charge < -0.3 is 4.42 Å². The van der Waals surface area contributed by atoms with E-state index in [1.807, 2.05) is 48.7 Å². The molecule has 1 radical (unpaired) electrons. The Hall–Kier alpha value is -4.87. The molecule has 0 bridgehead atoms. The van der Waals surface area contributed by atoms with Crippen molar-refractivity contribution in [1.82, 2.24) is 4.98 Å². The molecule has 0 aliphatic carbocycles. The standard InChI is InChI=1S/C38H32NO.C14H16GeN.Ir/c1-23(2)31-21-26(25-13-6-5-7-14-25)22-32(24(3)4)35(31)36-29-16-8-10-19-33(29)39-37(36)30-18-12-17-28-27-15-9-11-20-34(27)40-38(28)30;1-15(2,3)13-9-10-14(16-11-13)12-7-5-4-6-8-12;/h5-17,19-24,36H,1-4H3;4-7,9-11H,1-3H3;/q2*-1;. The first kappa shape index (κ1) is 40.3. The molecule has 0 saturated carbocycles. The van der Waals surface area contributed by atoms with Crippen LogP contribution in [0.2, 0.25) is 17.3 Å². The molecular formula is C52H48GeIrN2O-2. The van der Waals surface area contributed by atoms with Gasteiger partial charge in [-0.3, -0.25) is 4.99 Å². The maximum atomic E-state index is 6.50. The van der Waals surface area contributed by atoms with Crippen molar-refractivity contribution < 1.29 is 24.5 Å². The first-order chi connectivity index (χ1) is 27.1. The van der Waals surface area contributed by atoms with E-state index >= 15 is 0 Å². The average molecular weight is 982 g/mol. The van der Waals surface area contributed by atoms with Crippen molar-refractivity contribution >= 4 is 51.0 Å². The minimum absolute atomic E-state index is 0. The minimum atomic E-state index is -1.72. The van der Waals surface area contributed by atoms with Crippen molar-refractivity contribution in [1.29, 1.82) is 0 Å². The Morgan fingerprint density at radius 1 is 0.649 bits per heavy atom. The van der Waals surface area contributed by atoms with Crippen LogP contribution in [0, 0.1) is 12.1 Å². The van der Waals surface area contributed by atoms with Gasteiger partial charge in [0.1, 0.15) is 5.58 Å². The molecule has 0 spiro atoms. The van der Waals surface area contributed by atoms with Crippen molar-refractivity contribution in [3.63, 3.8) is 0 Å². The molecule has 57 heavy (non-hydrogen) atoms. The number of aliphatic imine (C=N–C) groups is 1. The summed E-state index contributed by atoms with van der Waals surface area (Å²) >= 11 is -1.72. The maximum absolute atomic E-state index is 6.50. The molecule has 0 saturated heterocycles. The first-order valence-corrected chi connectivity index (χ1v) is 27.1. The predicted octanol–water partition coefficient (Wildman–Crippen LogP) is 13.7. The predicted molar refractivity (Wildman–Crippen MR) is 239 cm³/mol. The van der Waals surface area contributed by atoms with Gasteiger partial charge in [-0.1, -0.05) is 118 Å². The molecule has 5 heteroatoms. The molecule has 3 nitrogen and oxygen atoms in total. The van der Waals surface area contributed by atoms with Gasteiger partial charge in [0, 0.05) is 31.4 Å². The van der Waals surface area contributed by atoms with E-state index in [4.69, 9.17) is 9.41 Å². The number of pyridine rings is 1. The second kappa shape index (κ2) is 16.9. The van der Waals surface area contributed by atoms with Gasteiger partial charge in [-0.05, 0) is 63.1 Å². The van der Waals surface area contributed by atoms with Gasteiger partial charge in [-0.25, -0.2) is 0 Å². The number of hydrogen-bond acceptors (Lipinski definition) is 3. The van der Waals surface area contributed by atoms with Crippen LogP contribution in [0.1, 0.15) is 73.3 Å². The summed E-state index contributed by atoms with van der Waals surface area (Å²) in [6.07, 6.45) is 2.04. The van der Waals surface area contributed by atoms with Crippen LogP contribution in [-0.2, 0) is 20.1 Å². The molecule has 8 aromatic rings. The summed E-state index contributed by atoms with van der Waals surface area (Å²) in [5.41, 5.74) is 14.7. The fraction of sp³-hybridized carbons (Fsp3) is 0.192. The molecule has 1 atom stereocenters. The van der Waals surface area contributed by atoms with Crippen LogP contribution in [-0.4, -0.2) is 24.0 Å². The zero-order chi connectivity index (χ0) is 39.0. The molecule has 6 aromatic carbocycles. The molecule has 1 aliphatic rings. The SMILES string of the molecule is CC(C)c1cc(-c2ccccc2)cc(C(C)C)c1C1C(c2[c-]ccc3c2oc2ccccc23)=Nc2ccccc21.[CH3][Ge]([CH3])([CH3])[c]1ccc(-c2[c-]cccc2)nc1.[Ir]. The third-order valence-corrected chi connectivity index (χ3v) is 15.1. The van der Waals surface area contributed by atoms with Crippen LogP contribution < -0.4 is 4.40 Å². The van der Waals surface area contributed by atoms with E-state index in [1.165, 1.54) is 37.8 Å². The van der Waals surface area contributed by atoms with E-state index in [9.17, 15) is 0 Å². The number of nitrogens with zero attached hydrogens (tertiary/aromatic N) is 2.